The average Bonchev–Trinajstić information content (AvgIpc) is 2.81. The Balaban J connectivity index is 2.58. The number of hydrogen-bond acceptors (Lipinski definition) is 3. The van der Waals surface area contributed by atoms with Crippen LogP contribution >= 0.6 is 11.6 Å². The van der Waals surface area contributed by atoms with E-state index in [4.69, 9.17) is 17.4 Å². The van der Waals surface area contributed by atoms with Crippen LogP contribution in [0.3, 0.4) is 0 Å². The number of aryl methyl sites for hydroxylation is 2. The van der Waals surface area contributed by atoms with Gasteiger partial charge in [0.15, 0.2) is 0 Å². The minimum atomic E-state index is 0.274. The molecule has 0 radical (unpaired) electrons. The molecule has 5 heteroatoms. The molecule has 21 heavy (non-hydrogen) atoms. The summed E-state index contributed by atoms with van der Waals surface area (Å²) < 4.78 is 2.02. The number of hydrazine groups is 1. The van der Waals surface area contributed by atoms with E-state index in [2.05, 4.69) is 31.3 Å². The van der Waals surface area contributed by atoms with E-state index < -0.39 is 0 Å². The van der Waals surface area contributed by atoms with Crippen molar-refractivity contribution in [3.8, 4) is 0 Å². The molecule has 1 atom stereocenters. The molecule has 1 heterocycles. The molecule has 3 N–H and O–H groups in total. The second-order valence-electron chi connectivity index (χ2n) is 5.65. The summed E-state index contributed by atoms with van der Waals surface area (Å²) >= 11 is 6.46. The Morgan fingerprint density at radius 2 is 1.90 bits per heavy atom. The molecule has 1 unspecified atom stereocenters. The molecule has 0 amide bonds. The number of aromatic nitrogens is 2. The van der Waals surface area contributed by atoms with E-state index in [1.165, 1.54) is 32.1 Å². The van der Waals surface area contributed by atoms with Gasteiger partial charge in [0.2, 0.25) is 0 Å². The predicted octanol–water partition coefficient (Wildman–Crippen LogP) is 3.85. The molecule has 0 saturated heterocycles. The van der Waals surface area contributed by atoms with Gasteiger partial charge in [-0.2, -0.15) is 5.10 Å². The highest BCUT2D eigenvalue weighted by Crippen LogP contribution is 2.23. The number of hydrogen-bond donors (Lipinski definition) is 2. The highest BCUT2D eigenvalue weighted by atomic mass is 35.5. The van der Waals surface area contributed by atoms with Gasteiger partial charge in [-0.15, -0.1) is 0 Å². The topological polar surface area (TPSA) is 55.9 Å². The number of unbranched alkanes of at least 4 members (excludes halogenated alkanes) is 4. The Bertz CT molecular complexity index is 403. The molecule has 1 aromatic rings. The van der Waals surface area contributed by atoms with Gasteiger partial charge >= 0.3 is 0 Å². The van der Waals surface area contributed by atoms with Gasteiger partial charge in [0.05, 0.1) is 16.4 Å². The molecule has 1 rings (SSSR count). The standard InChI is InChI=1S/C16H31ClN4/c1-4-7-8-9-10-11-13(19-18)12-15-16(17)14(5-2)20-21(15)6-3/h13,19H,4-12,18H2,1-3H3. The van der Waals surface area contributed by atoms with E-state index in [-0.39, 0.29) is 6.04 Å². The zero-order valence-electron chi connectivity index (χ0n) is 13.8. The van der Waals surface area contributed by atoms with Gasteiger partial charge in [0.25, 0.3) is 0 Å². The van der Waals surface area contributed by atoms with Crippen LogP contribution in [0.25, 0.3) is 0 Å². The van der Waals surface area contributed by atoms with Gasteiger partial charge in [-0.05, 0) is 19.8 Å². The van der Waals surface area contributed by atoms with Crippen LogP contribution < -0.4 is 11.3 Å². The molecule has 0 bridgehead atoms. The molecule has 0 aromatic carbocycles. The summed E-state index contributed by atoms with van der Waals surface area (Å²) in [4.78, 5) is 0. The van der Waals surface area contributed by atoms with Gasteiger partial charge in [-0.1, -0.05) is 57.6 Å². The van der Waals surface area contributed by atoms with Crippen LogP contribution in [0.15, 0.2) is 0 Å². The third-order valence-corrected chi connectivity index (χ3v) is 4.46. The van der Waals surface area contributed by atoms with Crippen molar-refractivity contribution >= 4 is 11.6 Å². The number of nitrogens with two attached hydrogens (primary N) is 1. The lowest BCUT2D eigenvalue weighted by atomic mass is 10.0. The van der Waals surface area contributed by atoms with Gasteiger partial charge in [0.1, 0.15) is 0 Å². The van der Waals surface area contributed by atoms with E-state index >= 15 is 0 Å². The Hall–Kier alpha value is -0.580. The molecule has 1 aromatic heterocycles. The quantitative estimate of drug-likeness (QED) is 0.370. The summed E-state index contributed by atoms with van der Waals surface area (Å²) in [6.45, 7) is 7.28. The fraction of sp³-hybridized carbons (Fsp3) is 0.812. The summed E-state index contributed by atoms with van der Waals surface area (Å²) in [5.41, 5.74) is 5.06. The van der Waals surface area contributed by atoms with Crippen molar-refractivity contribution in [1.29, 1.82) is 0 Å². The van der Waals surface area contributed by atoms with Gasteiger partial charge in [-0.25, -0.2) is 0 Å². The minimum Gasteiger partial charge on any atom is -0.271 e. The molecule has 122 valence electrons. The summed E-state index contributed by atoms with van der Waals surface area (Å²) in [7, 11) is 0. The Kier molecular flexibility index (Phi) is 8.97. The van der Waals surface area contributed by atoms with Crippen LogP contribution in [0.5, 0.6) is 0 Å². The average molecular weight is 315 g/mol. The first-order valence-corrected chi connectivity index (χ1v) is 8.75. The summed E-state index contributed by atoms with van der Waals surface area (Å²) in [6, 6.07) is 0.274. The molecule has 0 aliphatic carbocycles. The molecule has 0 fully saturated rings. The Labute approximate surface area is 134 Å². The summed E-state index contributed by atoms with van der Waals surface area (Å²) in [5, 5.41) is 5.40. The molecular weight excluding hydrogens is 284 g/mol. The second-order valence-corrected chi connectivity index (χ2v) is 6.03. The van der Waals surface area contributed by atoms with E-state index in [0.29, 0.717) is 0 Å². The van der Waals surface area contributed by atoms with Crippen molar-refractivity contribution in [3.05, 3.63) is 16.4 Å². The number of nitrogens with one attached hydrogen (secondary N) is 1. The highest BCUT2D eigenvalue weighted by molar-refractivity contribution is 6.31. The van der Waals surface area contributed by atoms with Crippen molar-refractivity contribution in [3.63, 3.8) is 0 Å². The van der Waals surface area contributed by atoms with Gasteiger partial charge in [-0.3, -0.25) is 16.0 Å². The van der Waals surface area contributed by atoms with E-state index in [1.807, 2.05) is 4.68 Å². The third kappa shape index (κ3) is 5.61. The number of halogens is 1. The van der Waals surface area contributed by atoms with Crippen molar-refractivity contribution in [2.45, 2.75) is 84.7 Å². The maximum absolute atomic E-state index is 6.46. The normalized spacial score (nSPS) is 12.8. The zero-order chi connectivity index (χ0) is 15.7. The smallest absolute Gasteiger partial charge is 0.0850 e. The Morgan fingerprint density at radius 1 is 1.19 bits per heavy atom. The van der Waals surface area contributed by atoms with Crippen LogP contribution in [-0.4, -0.2) is 15.8 Å². The highest BCUT2D eigenvalue weighted by Gasteiger charge is 2.18. The summed E-state index contributed by atoms with van der Waals surface area (Å²) in [5.74, 6) is 5.72. The van der Waals surface area contributed by atoms with E-state index in [1.54, 1.807) is 0 Å². The van der Waals surface area contributed by atoms with Crippen LogP contribution in [0.4, 0.5) is 0 Å². The largest absolute Gasteiger partial charge is 0.271 e. The maximum atomic E-state index is 6.46. The van der Waals surface area contributed by atoms with Crippen LogP contribution in [0, 0.1) is 0 Å². The molecule has 0 saturated carbocycles. The van der Waals surface area contributed by atoms with Crippen LogP contribution in [0.2, 0.25) is 5.02 Å². The lowest BCUT2D eigenvalue weighted by Gasteiger charge is -2.16. The van der Waals surface area contributed by atoms with Gasteiger partial charge < -0.3 is 0 Å². The van der Waals surface area contributed by atoms with E-state index in [0.717, 1.165) is 42.2 Å². The number of rotatable bonds is 11. The lowest BCUT2D eigenvalue weighted by molar-refractivity contribution is 0.447. The van der Waals surface area contributed by atoms with Gasteiger partial charge in [0, 0.05) is 19.0 Å². The van der Waals surface area contributed by atoms with Crippen LogP contribution in [0.1, 0.15) is 70.7 Å². The molecule has 4 nitrogen and oxygen atoms in total. The predicted molar refractivity (Wildman–Crippen MR) is 90.5 cm³/mol. The fourth-order valence-corrected chi connectivity index (χ4v) is 3.03. The first-order chi connectivity index (χ1) is 10.2. The van der Waals surface area contributed by atoms with Crippen molar-refractivity contribution in [2.75, 3.05) is 0 Å². The molecular formula is C16H31ClN4. The Morgan fingerprint density at radius 3 is 2.48 bits per heavy atom. The SMILES string of the molecule is CCCCCCCC(Cc1c(Cl)c(CC)nn1CC)NN. The van der Waals surface area contributed by atoms with Crippen LogP contribution in [-0.2, 0) is 19.4 Å². The lowest BCUT2D eigenvalue weighted by Crippen LogP contribution is -2.37. The molecule has 0 aliphatic rings. The second kappa shape index (κ2) is 10.2. The zero-order valence-corrected chi connectivity index (χ0v) is 14.5. The molecule has 0 aliphatic heterocycles. The van der Waals surface area contributed by atoms with E-state index in [9.17, 15) is 0 Å². The van der Waals surface area contributed by atoms with Crippen molar-refractivity contribution in [1.82, 2.24) is 15.2 Å². The summed E-state index contributed by atoms with van der Waals surface area (Å²) in [6.07, 6.45) is 9.24. The first kappa shape index (κ1) is 18.5. The third-order valence-electron chi connectivity index (χ3n) is 4.03. The first-order valence-electron chi connectivity index (χ1n) is 8.37. The van der Waals surface area contributed by atoms with Crippen molar-refractivity contribution < 1.29 is 0 Å². The maximum Gasteiger partial charge on any atom is 0.0850 e. The van der Waals surface area contributed by atoms with Crippen molar-refractivity contribution in [2.24, 2.45) is 5.84 Å². The minimum absolute atomic E-state index is 0.274. The fourth-order valence-electron chi connectivity index (χ4n) is 2.68. The monoisotopic (exact) mass is 314 g/mol. The molecule has 0 spiro atoms. The number of nitrogens with zero attached hydrogens (tertiary/aromatic N) is 2.